The van der Waals surface area contributed by atoms with Crippen molar-refractivity contribution in [2.45, 2.75) is 25.7 Å². The molecule has 0 atom stereocenters. The number of hydrogen-bond acceptors (Lipinski definition) is 2. The van der Waals surface area contributed by atoms with Gasteiger partial charge in [-0.15, -0.1) is 11.8 Å². The van der Waals surface area contributed by atoms with Crippen LogP contribution in [0.2, 0.25) is 5.02 Å². The molecule has 0 spiro atoms. The van der Waals surface area contributed by atoms with Crippen molar-refractivity contribution in [2.75, 3.05) is 25.4 Å². The Balaban J connectivity index is 2.25. The number of carbonyl (C=O) groups is 1. The standard InChI is InChI=1S/C15H23ClN2OS/c1-4-18(11-12(2)3)15(19)17-9-10-20-14-7-5-13(16)6-8-14/h5-8,12H,4,9-11H2,1-3H3,(H,17,19). The Morgan fingerprint density at radius 2 is 2.00 bits per heavy atom. The number of halogens is 1. The molecule has 0 saturated carbocycles. The highest BCUT2D eigenvalue weighted by Crippen LogP contribution is 2.19. The maximum atomic E-state index is 12.0. The lowest BCUT2D eigenvalue weighted by atomic mass is 10.2. The van der Waals surface area contributed by atoms with Gasteiger partial charge in [0.15, 0.2) is 0 Å². The summed E-state index contributed by atoms with van der Waals surface area (Å²) in [6.07, 6.45) is 0. The third kappa shape index (κ3) is 6.53. The molecule has 2 amide bonds. The third-order valence-corrected chi connectivity index (χ3v) is 3.98. The van der Waals surface area contributed by atoms with Crippen LogP contribution >= 0.6 is 23.4 Å². The monoisotopic (exact) mass is 314 g/mol. The van der Waals surface area contributed by atoms with E-state index in [2.05, 4.69) is 19.2 Å². The highest BCUT2D eigenvalue weighted by atomic mass is 35.5. The van der Waals surface area contributed by atoms with Crippen molar-refractivity contribution in [3.05, 3.63) is 29.3 Å². The Hall–Kier alpha value is -0.870. The molecule has 0 unspecified atom stereocenters. The van der Waals surface area contributed by atoms with Crippen molar-refractivity contribution < 1.29 is 4.79 Å². The second-order valence-electron chi connectivity index (χ2n) is 4.97. The highest BCUT2D eigenvalue weighted by Gasteiger charge is 2.11. The van der Waals surface area contributed by atoms with Gasteiger partial charge in [0.05, 0.1) is 0 Å². The zero-order valence-corrected chi connectivity index (χ0v) is 13.9. The summed E-state index contributed by atoms with van der Waals surface area (Å²) in [4.78, 5) is 15.0. The van der Waals surface area contributed by atoms with Gasteiger partial charge in [-0.1, -0.05) is 25.4 Å². The molecule has 20 heavy (non-hydrogen) atoms. The number of hydrogen-bond donors (Lipinski definition) is 1. The molecule has 1 aromatic carbocycles. The minimum absolute atomic E-state index is 0.0258. The van der Waals surface area contributed by atoms with E-state index < -0.39 is 0 Å². The SMILES string of the molecule is CCN(CC(C)C)C(=O)NCCSc1ccc(Cl)cc1. The number of urea groups is 1. The van der Waals surface area contributed by atoms with E-state index in [1.807, 2.05) is 36.1 Å². The Morgan fingerprint density at radius 1 is 1.35 bits per heavy atom. The topological polar surface area (TPSA) is 32.3 Å². The molecule has 0 aliphatic rings. The summed E-state index contributed by atoms with van der Waals surface area (Å²) in [5.41, 5.74) is 0. The first-order valence-electron chi connectivity index (χ1n) is 6.94. The van der Waals surface area contributed by atoms with Crippen LogP contribution in [0.5, 0.6) is 0 Å². The normalized spacial score (nSPS) is 10.7. The van der Waals surface area contributed by atoms with Crippen LogP contribution in [0.15, 0.2) is 29.2 Å². The Labute approximate surface area is 131 Å². The van der Waals surface area contributed by atoms with Crippen molar-refractivity contribution >= 4 is 29.4 Å². The van der Waals surface area contributed by atoms with E-state index in [0.717, 1.165) is 28.8 Å². The summed E-state index contributed by atoms with van der Waals surface area (Å²) in [7, 11) is 0. The molecule has 5 heteroatoms. The summed E-state index contributed by atoms with van der Waals surface area (Å²) in [5.74, 6) is 1.34. The van der Waals surface area contributed by atoms with Gasteiger partial charge in [-0.25, -0.2) is 4.79 Å². The minimum Gasteiger partial charge on any atom is -0.337 e. The van der Waals surface area contributed by atoms with Crippen LogP contribution in [-0.2, 0) is 0 Å². The summed E-state index contributed by atoms with van der Waals surface area (Å²) in [6.45, 7) is 8.45. The highest BCUT2D eigenvalue weighted by molar-refractivity contribution is 7.99. The fourth-order valence-corrected chi connectivity index (χ4v) is 2.66. The van der Waals surface area contributed by atoms with Crippen LogP contribution < -0.4 is 5.32 Å². The zero-order chi connectivity index (χ0) is 15.0. The van der Waals surface area contributed by atoms with Crippen molar-refractivity contribution in [3.63, 3.8) is 0 Å². The predicted molar refractivity (Wildman–Crippen MR) is 87.7 cm³/mol. The zero-order valence-electron chi connectivity index (χ0n) is 12.4. The van der Waals surface area contributed by atoms with Crippen LogP contribution in [0.1, 0.15) is 20.8 Å². The average molecular weight is 315 g/mol. The Morgan fingerprint density at radius 3 is 2.55 bits per heavy atom. The van der Waals surface area contributed by atoms with E-state index in [9.17, 15) is 4.79 Å². The summed E-state index contributed by atoms with van der Waals surface area (Å²) >= 11 is 7.55. The van der Waals surface area contributed by atoms with Gasteiger partial charge in [-0.3, -0.25) is 0 Å². The number of benzene rings is 1. The van der Waals surface area contributed by atoms with Crippen LogP contribution in [0, 0.1) is 5.92 Å². The van der Waals surface area contributed by atoms with E-state index in [0.29, 0.717) is 12.5 Å². The van der Waals surface area contributed by atoms with Gasteiger partial charge in [-0.05, 0) is 37.1 Å². The van der Waals surface area contributed by atoms with Crippen molar-refractivity contribution in [1.29, 1.82) is 0 Å². The van der Waals surface area contributed by atoms with Gasteiger partial charge < -0.3 is 10.2 Å². The number of rotatable bonds is 7. The molecule has 0 radical (unpaired) electrons. The second kappa shape index (κ2) is 9.14. The molecule has 0 bridgehead atoms. The summed E-state index contributed by atoms with van der Waals surface area (Å²) in [5, 5.41) is 3.71. The van der Waals surface area contributed by atoms with E-state index in [-0.39, 0.29) is 6.03 Å². The lowest BCUT2D eigenvalue weighted by Crippen LogP contribution is -2.42. The fourth-order valence-electron chi connectivity index (χ4n) is 1.77. The van der Waals surface area contributed by atoms with Gasteiger partial charge in [0.25, 0.3) is 0 Å². The number of amides is 2. The maximum absolute atomic E-state index is 12.0. The maximum Gasteiger partial charge on any atom is 0.317 e. The quantitative estimate of drug-likeness (QED) is 0.606. The number of carbonyl (C=O) groups excluding carboxylic acids is 1. The van der Waals surface area contributed by atoms with E-state index in [4.69, 9.17) is 11.6 Å². The van der Waals surface area contributed by atoms with E-state index in [1.54, 1.807) is 11.8 Å². The third-order valence-electron chi connectivity index (χ3n) is 2.72. The van der Waals surface area contributed by atoms with Gasteiger partial charge in [0.1, 0.15) is 0 Å². The van der Waals surface area contributed by atoms with Gasteiger partial charge in [-0.2, -0.15) is 0 Å². The molecule has 112 valence electrons. The summed E-state index contributed by atoms with van der Waals surface area (Å²) in [6, 6.07) is 7.77. The van der Waals surface area contributed by atoms with Crippen LogP contribution in [0.4, 0.5) is 4.79 Å². The molecular formula is C15H23ClN2OS. The first kappa shape index (κ1) is 17.2. The van der Waals surface area contributed by atoms with Crippen molar-refractivity contribution in [2.24, 2.45) is 5.92 Å². The molecule has 0 aliphatic carbocycles. The Kier molecular flexibility index (Phi) is 7.85. The number of nitrogens with one attached hydrogen (secondary N) is 1. The minimum atomic E-state index is 0.0258. The average Bonchev–Trinajstić information content (AvgIpc) is 2.42. The summed E-state index contributed by atoms with van der Waals surface area (Å²) < 4.78 is 0. The lowest BCUT2D eigenvalue weighted by Gasteiger charge is -2.23. The van der Waals surface area contributed by atoms with Crippen LogP contribution in [0.25, 0.3) is 0 Å². The number of nitrogens with zero attached hydrogens (tertiary/aromatic N) is 1. The second-order valence-corrected chi connectivity index (χ2v) is 6.57. The van der Waals surface area contributed by atoms with Crippen LogP contribution in [-0.4, -0.2) is 36.3 Å². The fraction of sp³-hybridized carbons (Fsp3) is 0.533. The first-order valence-corrected chi connectivity index (χ1v) is 8.30. The molecule has 1 N–H and O–H groups in total. The van der Waals surface area contributed by atoms with E-state index >= 15 is 0 Å². The van der Waals surface area contributed by atoms with Gasteiger partial charge in [0, 0.05) is 35.3 Å². The predicted octanol–water partition coefficient (Wildman–Crippen LogP) is 4.12. The largest absolute Gasteiger partial charge is 0.337 e. The van der Waals surface area contributed by atoms with E-state index in [1.165, 1.54) is 0 Å². The smallest absolute Gasteiger partial charge is 0.317 e. The van der Waals surface area contributed by atoms with Crippen molar-refractivity contribution in [1.82, 2.24) is 10.2 Å². The molecule has 0 fully saturated rings. The van der Waals surface area contributed by atoms with Gasteiger partial charge >= 0.3 is 6.03 Å². The Bertz CT molecular complexity index is 409. The molecule has 0 aliphatic heterocycles. The van der Waals surface area contributed by atoms with Gasteiger partial charge in [0.2, 0.25) is 0 Å². The molecular weight excluding hydrogens is 292 g/mol. The van der Waals surface area contributed by atoms with Crippen LogP contribution in [0.3, 0.4) is 0 Å². The molecule has 1 aromatic rings. The lowest BCUT2D eigenvalue weighted by molar-refractivity contribution is 0.194. The molecule has 0 heterocycles. The first-order chi connectivity index (χ1) is 9.52. The molecule has 0 aromatic heterocycles. The van der Waals surface area contributed by atoms with Crippen molar-refractivity contribution in [3.8, 4) is 0 Å². The molecule has 3 nitrogen and oxygen atoms in total. The molecule has 1 rings (SSSR count). The number of thioether (sulfide) groups is 1. The molecule has 0 saturated heterocycles.